The van der Waals surface area contributed by atoms with Crippen LogP contribution in [0.5, 0.6) is 0 Å². The maximum Gasteiger partial charge on any atom is 0.249 e. The van der Waals surface area contributed by atoms with Crippen LogP contribution in [0.4, 0.5) is 8.78 Å². The van der Waals surface area contributed by atoms with Crippen molar-refractivity contribution in [2.24, 2.45) is 5.41 Å². The summed E-state index contributed by atoms with van der Waals surface area (Å²) in [4.78, 5) is 0. The van der Waals surface area contributed by atoms with Gasteiger partial charge in [-0.25, -0.2) is 8.78 Å². The second-order valence-electron chi connectivity index (χ2n) is 3.59. The van der Waals surface area contributed by atoms with Crippen molar-refractivity contribution < 1.29 is 8.78 Å². The molecule has 0 atom stereocenters. The third-order valence-electron chi connectivity index (χ3n) is 2.33. The summed E-state index contributed by atoms with van der Waals surface area (Å²) in [5, 5.41) is 0.726. The third kappa shape index (κ3) is 1.92. The first-order valence-corrected chi connectivity index (χ1v) is 5.10. The van der Waals surface area contributed by atoms with E-state index in [4.69, 9.17) is 0 Å². The fraction of sp³-hybridized carbons (Fsp3) is 1.00. The normalized spacial score (nSPS) is 26.2. The Morgan fingerprint density at radius 3 is 2.18 bits per heavy atom. The summed E-state index contributed by atoms with van der Waals surface area (Å²) in [6, 6.07) is 0. The number of hydrogen-bond donors (Lipinski definition) is 0. The van der Waals surface area contributed by atoms with Gasteiger partial charge in [0, 0.05) is 18.2 Å². The minimum Gasteiger partial charge on any atom is -0.207 e. The highest BCUT2D eigenvalue weighted by molar-refractivity contribution is 9.09. The van der Waals surface area contributed by atoms with Gasteiger partial charge in [0.25, 0.3) is 0 Å². The topological polar surface area (TPSA) is 0 Å². The van der Waals surface area contributed by atoms with Crippen LogP contribution in [0.3, 0.4) is 0 Å². The quantitative estimate of drug-likeness (QED) is 0.646. The zero-order valence-corrected chi connectivity index (χ0v) is 8.26. The van der Waals surface area contributed by atoms with Crippen molar-refractivity contribution in [3.8, 4) is 0 Å². The smallest absolute Gasteiger partial charge is 0.207 e. The Bertz CT molecular complexity index is 137. The summed E-state index contributed by atoms with van der Waals surface area (Å²) < 4.78 is 25.0. The van der Waals surface area contributed by atoms with Crippen LogP contribution < -0.4 is 0 Å². The highest BCUT2D eigenvalue weighted by Gasteiger charge is 2.54. The molecule has 1 aliphatic carbocycles. The highest BCUT2D eigenvalue weighted by atomic mass is 79.9. The van der Waals surface area contributed by atoms with Gasteiger partial charge in [0.15, 0.2) is 0 Å². The van der Waals surface area contributed by atoms with Crippen LogP contribution in [0.2, 0.25) is 0 Å². The molecule has 3 heteroatoms. The molecule has 66 valence electrons. The van der Waals surface area contributed by atoms with Crippen LogP contribution in [0.15, 0.2) is 0 Å². The molecule has 0 nitrogen and oxygen atoms in total. The van der Waals surface area contributed by atoms with Gasteiger partial charge < -0.3 is 0 Å². The summed E-state index contributed by atoms with van der Waals surface area (Å²) in [6.07, 6.45) is 2.09. The molecule has 0 heterocycles. The van der Waals surface area contributed by atoms with Gasteiger partial charge in [-0.1, -0.05) is 29.3 Å². The maximum atomic E-state index is 12.5. The molecule has 0 spiro atoms. The molecule has 0 aromatic rings. The average Bonchev–Trinajstić information content (AvgIpc) is 1.84. The van der Waals surface area contributed by atoms with Gasteiger partial charge in [-0.2, -0.15) is 0 Å². The van der Waals surface area contributed by atoms with Gasteiger partial charge in [0.05, 0.1) is 0 Å². The molecule has 0 amide bonds. The lowest BCUT2D eigenvalue weighted by atomic mass is 9.65. The van der Waals surface area contributed by atoms with Crippen LogP contribution in [-0.4, -0.2) is 11.3 Å². The molecule has 11 heavy (non-hydrogen) atoms. The van der Waals surface area contributed by atoms with Crippen LogP contribution in [0, 0.1) is 5.41 Å². The maximum absolute atomic E-state index is 12.5. The van der Waals surface area contributed by atoms with Crippen molar-refractivity contribution in [1.29, 1.82) is 0 Å². The van der Waals surface area contributed by atoms with E-state index >= 15 is 0 Å². The minimum absolute atomic E-state index is 0.0824. The summed E-state index contributed by atoms with van der Waals surface area (Å²) >= 11 is 3.30. The standard InChI is InChI=1S/C8H13BrF2/c1-2-3-7(6-9)4-8(10,11)5-7/h2-6H2,1H3. The van der Waals surface area contributed by atoms with E-state index in [2.05, 4.69) is 15.9 Å². The van der Waals surface area contributed by atoms with Crippen molar-refractivity contribution in [3.63, 3.8) is 0 Å². The lowest BCUT2D eigenvalue weighted by Gasteiger charge is -2.46. The first-order chi connectivity index (χ1) is 5.04. The molecule has 1 rings (SSSR count). The molecule has 1 fully saturated rings. The monoisotopic (exact) mass is 226 g/mol. The molecule has 0 bridgehead atoms. The zero-order chi connectivity index (χ0) is 8.54. The number of rotatable bonds is 3. The van der Waals surface area contributed by atoms with Gasteiger partial charge >= 0.3 is 0 Å². The van der Waals surface area contributed by atoms with E-state index in [-0.39, 0.29) is 18.3 Å². The Balaban J connectivity index is 2.43. The average molecular weight is 227 g/mol. The molecular formula is C8H13BrF2. The minimum atomic E-state index is -2.37. The molecule has 0 N–H and O–H groups in total. The summed E-state index contributed by atoms with van der Waals surface area (Å²) in [5.74, 6) is -2.37. The van der Waals surface area contributed by atoms with Crippen LogP contribution >= 0.6 is 15.9 Å². The molecule has 1 saturated carbocycles. The molecule has 0 aliphatic heterocycles. The number of halogens is 3. The van der Waals surface area contributed by atoms with Gasteiger partial charge in [0.2, 0.25) is 5.92 Å². The highest BCUT2D eigenvalue weighted by Crippen LogP contribution is 2.55. The predicted molar refractivity (Wildman–Crippen MR) is 45.3 cm³/mol. The Hall–Kier alpha value is 0.340. The van der Waals surface area contributed by atoms with Crippen LogP contribution in [0.25, 0.3) is 0 Å². The second kappa shape index (κ2) is 3.00. The molecule has 0 unspecified atom stereocenters. The fourth-order valence-electron chi connectivity index (χ4n) is 1.91. The molecule has 0 aromatic heterocycles. The summed E-state index contributed by atoms with van der Waals surface area (Å²) in [7, 11) is 0. The Kier molecular flexibility index (Phi) is 2.57. The molecule has 0 aromatic carbocycles. The van der Waals surface area contributed by atoms with Crippen molar-refractivity contribution in [1.82, 2.24) is 0 Å². The van der Waals surface area contributed by atoms with E-state index in [1.54, 1.807) is 0 Å². The van der Waals surface area contributed by atoms with Crippen molar-refractivity contribution in [2.75, 3.05) is 5.33 Å². The van der Waals surface area contributed by atoms with Crippen molar-refractivity contribution >= 4 is 15.9 Å². The third-order valence-corrected chi connectivity index (χ3v) is 3.52. The summed E-state index contributed by atoms with van der Waals surface area (Å²) in [5.41, 5.74) is -0.0851. The zero-order valence-electron chi connectivity index (χ0n) is 6.67. The van der Waals surface area contributed by atoms with Crippen molar-refractivity contribution in [3.05, 3.63) is 0 Å². The molecular weight excluding hydrogens is 214 g/mol. The Morgan fingerprint density at radius 2 is 1.91 bits per heavy atom. The number of hydrogen-bond acceptors (Lipinski definition) is 0. The van der Waals surface area contributed by atoms with E-state index in [0.29, 0.717) is 0 Å². The molecule has 0 radical (unpaired) electrons. The second-order valence-corrected chi connectivity index (χ2v) is 4.15. The van der Waals surface area contributed by atoms with Gasteiger partial charge in [-0.3, -0.25) is 0 Å². The lowest BCUT2D eigenvalue weighted by Crippen LogP contribution is -2.47. The molecule has 1 aliphatic rings. The van der Waals surface area contributed by atoms with E-state index in [1.165, 1.54) is 0 Å². The van der Waals surface area contributed by atoms with E-state index in [9.17, 15) is 8.78 Å². The Labute approximate surface area is 74.5 Å². The van der Waals surface area contributed by atoms with Crippen molar-refractivity contribution in [2.45, 2.75) is 38.5 Å². The summed E-state index contributed by atoms with van der Waals surface area (Å²) in [6.45, 7) is 2.04. The van der Waals surface area contributed by atoms with Gasteiger partial charge in [0.1, 0.15) is 0 Å². The van der Waals surface area contributed by atoms with Crippen LogP contribution in [0.1, 0.15) is 32.6 Å². The fourth-order valence-corrected chi connectivity index (χ4v) is 2.59. The van der Waals surface area contributed by atoms with E-state index in [0.717, 1.165) is 18.2 Å². The van der Waals surface area contributed by atoms with Gasteiger partial charge in [-0.15, -0.1) is 0 Å². The lowest BCUT2D eigenvalue weighted by molar-refractivity contribution is -0.153. The van der Waals surface area contributed by atoms with E-state index in [1.807, 2.05) is 6.92 Å². The van der Waals surface area contributed by atoms with Crippen LogP contribution in [-0.2, 0) is 0 Å². The first-order valence-electron chi connectivity index (χ1n) is 3.97. The first kappa shape index (κ1) is 9.43. The SMILES string of the molecule is CCCC1(CBr)CC(F)(F)C1. The largest absolute Gasteiger partial charge is 0.249 e. The molecule has 0 saturated heterocycles. The van der Waals surface area contributed by atoms with E-state index < -0.39 is 5.92 Å². The number of alkyl halides is 3. The Morgan fingerprint density at radius 1 is 1.36 bits per heavy atom. The predicted octanol–water partition coefficient (Wildman–Crippen LogP) is 3.60. The van der Waals surface area contributed by atoms with Gasteiger partial charge in [-0.05, 0) is 11.8 Å².